The summed E-state index contributed by atoms with van der Waals surface area (Å²) in [7, 11) is 0. The van der Waals surface area contributed by atoms with E-state index in [0.717, 1.165) is 25.1 Å². The summed E-state index contributed by atoms with van der Waals surface area (Å²) in [6.45, 7) is 2.01. The second-order valence-electron chi connectivity index (χ2n) is 4.27. The first kappa shape index (κ1) is 10.2. The van der Waals surface area contributed by atoms with Crippen molar-refractivity contribution in [2.75, 3.05) is 19.9 Å². The molecular formula is C12H14FNO2. The van der Waals surface area contributed by atoms with Gasteiger partial charge in [0, 0.05) is 6.54 Å². The van der Waals surface area contributed by atoms with E-state index in [1.807, 2.05) is 0 Å². The van der Waals surface area contributed by atoms with Crippen molar-refractivity contribution in [3.05, 3.63) is 35.6 Å². The van der Waals surface area contributed by atoms with Crippen molar-refractivity contribution in [3.63, 3.8) is 0 Å². The second kappa shape index (κ2) is 3.80. The summed E-state index contributed by atoms with van der Waals surface area (Å²) < 4.78 is 24.3. The number of hydrogen-bond donors (Lipinski definition) is 1. The number of fused-ring (bicyclic) bond motifs is 1. The van der Waals surface area contributed by atoms with E-state index in [2.05, 4.69) is 5.32 Å². The standard InChI is InChI=1S/C12H14FNO2/c13-10-3-1-9(2-4-10)12-5-6-14-7-11(12)15-8-16-12/h1-4,11,14H,5-8H2/t11-,12-/m0/s1. The van der Waals surface area contributed by atoms with E-state index in [0.29, 0.717) is 6.79 Å². The average molecular weight is 223 g/mol. The second-order valence-corrected chi connectivity index (χ2v) is 4.27. The third-order valence-corrected chi connectivity index (χ3v) is 3.44. The van der Waals surface area contributed by atoms with Crippen LogP contribution in [0, 0.1) is 5.82 Å². The Morgan fingerprint density at radius 2 is 2.12 bits per heavy atom. The minimum absolute atomic E-state index is 0.0340. The molecule has 1 N–H and O–H groups in total. The van der Waals surface area contributed by atoms with Crippen molar-refractivity contribution in [2.24, 2.45) is 0 Å². The van der Waals surface area contributed by atoms with Gasteiger partial charge >= 0.3 is 0 Å². The molecular weight excluding hydrogens is 209 g/mol. The molecule has 2 saturated heterocycles. The zero-order chi connectivity index (χ0) is 11.0. The summed E-state index contributed by atoms with van der Waals surface area (Å²) >= 11 is 0. The van der Waals surface area contributed by atoms with Gasteiger partial charge < -0.3 is 14.8 Å². The lowest BCUT2D eigenvalue weighted by Gasteiger charge is -2.37. The molecule has 0 radical (unpaired) electrons. The maximum Gasteiger partial charge on any atom is 0.148 e. The summed E-state index contributed by atoms with van der Waals surface area (Å²) in [6, 6.07) is 6.54. The van der Waals surface area contributed by atoms with Gasteiger partial charge in [0.1, 0.15) is 24.3 Å². The third kappa shape index (κ3) is 1.45. The molecule has 3 rings (SSSR count). The molecule has 86 valence electrons. The van der Waals surface area contributed by atoms with Crippen molar-refractivity contribution in [3.8, 4) is 0 Å². The molecule has 4 heteroatoms. The summed E-state index contributed by atoms with van der Waals surface area (Å²) in [6.07, 6.45) is 0.898. The van der Waals surface area contributed by atoms with E-state index in [1.165, 1.54) is 12.1 Å². The maximum absolute atomic E-state index is 12.9. The van der Waals surface area contributed by atoms with Crippen LogP contribution >= 0.6 is 0 Å². The quantitative estimate of drug-likeness (QED) is 0.780. The molecule has 2 atom stereocenters. The minimum atomic E-state index is -0.376. The summed E-state index contributed by atoms with van der Waals surface area (Å²) in [5.41, 5.74) is 0.636. The first-order chi connectivity index (χ1) is 7.81. The van der Waals surface area contributed by atoms with E-state index < -0.39 is 0 Å². The Hall–Kier alpha value is -0.970. The molecule has 2 aliphatic rings. The van der Waals surface area contributed by atoms with E-state index in [-0.39, 0.29) is 17.5 Å². The van der Waals surface area contributed by atoms with Gasteiger partial charge in [-0.1, -0.05) is 12.1 Å². The minimum Gasteiger partial charge on any atom is -0.347 e. The monoisotopic (exact) mass is 223 g/mol. The normalized spacial score (nSPS) is 33.7. The van der Waals surface area contributed by atoms with E-state index in [4.69, 9.17) is 9.47 Å². The number of halogens is 1. The third-order valence-electron chi connectivity index (χ3n) is 3.44. The average Bonchev–Trinajstić information content (AvgIpc) is 2.74. The van der Waals surface area contributed by atoms with Gasteiger partial charge in [0.05, 0.1) is 0 Å². The largest absolute Gasteiger partial charge is 0.347 e. The molecule has 0 aromatic heterocycles. The predicted molar refractivity (Wildman–Crippen MR) is 56.4 cm³/mol. The zero-order valence-corrected chi connectivity index (χ0v) is 8.91. The van der Waals surface area contributed by atoms with Crippen molar-refractivity contribution in [1.82, 2.24) is 5.32 Å². The van der Waals surface area contributed by atoms with Crippen LogP contribution in [0.2, 0.25) is 0 Å². The highest BCUT2D eigenvalue weighted by Gasteiger charge is 2.48. The highest BCUT2D eigenvalue weighted by Crippen LogP contribution is 2.40. The van der Waals surface area contributed by atoms with Gasteiger partial charge in [-0.2, -0.15) is 0 Å². The molecule has 0 bridgehead atoms. The Labute approximate surface area is 93.6 Å². The fourth-order valence-electron chi connectivity index (χ4n) is 2.56. The van der Waals surface area contributed by atoms with Crippen LogP contribution in [0.4, 0.5) is 4.39 Å². The highest BCUT2D eigenvalue weighted by atomic mass is 19.1. The van der Waals surface area contributed by atoms with Crippen LogP contribution in [0.25, 0.3) is 0 Å². The number of nitrogens with one attached hydrogen (secondary N) is 1. The van der Waals surface area contributed by atoms with Gasteiger partial charge in [0.2, 0.25) is 0 Å². The van der Waals surface area contributed by atoms with E-state index in [1.54, 1.807) is 12.1 Å². The molecule has 0 unspecified atom stereocenters. The molecule has 16 heavy (non-hydrogen) atoms. The Morgan fingerprint density at radius 3 is 2.94 bits per heavy atom. The Kier molecular flexibility index (Phi) is 2.42. The first-order valence-corrected chi connectivity index (χ1v) is 5.54. The van der Waals surface area contributed by atoms with Crippen LogP contribution in [0.3, 0.4) is 0 Å². The highest BCUT2D eigenvalue weighted by molar-refractivity contribution is 5.26. The molecule has 1 aromatic carbocycles. The summed E-state index contributed by atoms with van der Waals surface area (Å²) in [5, 5.41) is 3.28. The zero-order valence-electron chi connectivity index (χ0n) is 8.91. The molecule has 0 aliphatic carbocycles. The molecule has 0 saturated carbocycles. The molecule has 0 amide bonds. The van der Waals surface area contributed by atoms with E-state index >= 15 is 0 Å². The molecule has 2 aliphatic heterocycles. The van der Waals surface area contributed by atoms with Crippen molar-refractivity contribution in [2.45, 2.75) is 18.1 Å². The topological polar surface area (TPSA) is 30.5 Å². The number of rotatable bonds is 1. The SMILES string of the molecule is Fc1ccc([C@@]23CCNC[C@@H]2OCO3)cc1. The molecule has 2 fully saturated rings. The summed E-state index contributed by atoms with van der Waals surface area (Å²) in [5.74, 6) is -0.218. The van der Waals surface area contributed by atoms with E-state index in [9.17, 15) is 4.39 Å². The van der Waals surface area contributed by atoms with Crippen molar-refractivity contribution < 1.29 is 13.9 Å². The van der Waals surface area contributed by atoms with Crippen LogP contribution in [0.15, 0.2) is 24.3 Å². The van der Waals surface area contributed by atoms with Crippen LogP contribution in [-0.2, 0) is 15.1 Å². The molecule has 3 nitrogen and oxygen atoms in total. The van der Waals surface area contributed by atoms with Crippen molar-refractivity contribution in [1.29, 1.82) is 0 Å². The lowest BCUT2D eigenvalue weighted by Crippen LogP contribution is -2.50. The molecule has 2 heterocycles. The lowest BCUT2D eigenvalue weighted by atomic mass is 9.83. The van der Waals surface area contributed by atoms with Gasteiger partial charge in [-0.3, -0.25) is 0 Å². The van der Waals surface area contributed by atoms with Crippen LogP contribution in [0.5, 0.6) is 0 Å². The number of piperidine rings is 1. The Balaban J connectivity index is 1.98. The smallest absolute Gasteiger partial charge is 0.148 e. The van der Waals surface area contributed by atoms with Crippen LogP contribution in [0.1, 0.15) is 12.0 Å². The fraction of sp³-hybridized carbons (Fsp3) is 0.500. The van der Waals surface area contributed by atoms with Gasteiger partial charge in [0.25, 0.3) is 0 Å². The lowest BCUT2D eigenvalue weighted by molar-refractivity contribution is -0.0267. The van der Waals surface area contributed by atoms with Gasteiger partial charge in [-0.15, -0.1) is 0 Å². The Morgan fingerprint density at radius 1 is 1.31 bits per heavy atom. The summed E-state index contributed by atoms with van der Waals surface area (Å²) in [4.78, 5) is 0. The fourth-order valence-corrected chi connectivity index (χ4v) is 2.56. The maximum atomic E-state index is 12.9. The van der Waals surface area contributed by atoms with Gasteiger partial charge in [0.15, 0.2) is 0 Å². The van der Waals surface area contributed by atoms with Gasteiger partial charge in [-0.25, -0.2) is 4.39 Å². The molecule has 0 spiro atoms. The van der Waals surface area contributed by atoms with Crippen molar-refractivity contribution >= 4 is 0 Å². The molecule has 1 aromatic rings. The number of hydrogen-bond acceptors (Lipinski definition) is 3. The van der Waals surface area contributed by atoms with Gasteiger partial charge in [-0.05, 0) is 30.7 Å². The van der Waals surface area contributed by atoms with Crippen LogP contribution < -0.4 is 5.32 Å². The predicted octanol–water partition coefficient (Wildman–Crippen LogP) is 1.39. The van der Waals surface area contributed by atoms with Crippen LogP contribution in [-0.4, -0.2) is 26.0 Å². The first-order valence-electron chi connectivity index (χ1n) is 5.54. The number of benzene rings is 1. The number of ether oxygens (including phenoxy) is 2. The Bertz CT molecular complexity index is 381.